The van der Waals surface area contributed by atoms with Gasteiger partial charge in [-0.25, -0.2) is 4.68 Å². The Balaban J connectivity index is 2.09. The Hall–Kier alpha value is -3.68. The van der Waals surface area contributed by atoms with Crippen LogP contribution in [-0.2, 0) is 7.05 Å². The number of amides is 1. The molecular formula is C21H22N4O4. The predicted octanol–water partition coefficient (Wildman–Crippen LogP) is 3.45. The molecule has 0 atom stereocenters. The zero-order valence-corrected chi connectivity index (χ0v) is 16.5. The van der Waals surface area contributed by atoms with Gasteiger partial charge in [0.15, 0.2) is 0 Å². The van der Waals surface area contributed by atoms with E-state index >= 15 is 0 Å². The number of para-hydroxylation sites is 1. The van der Waals surface area contributed by atoms with E-state index in [0.29, 0.717) is 30.0 Å². The molecule has 2 aromatic carbocycles. The Bertz CT molecular complexity index is 1100. The molecule has 1 aromatic heterocycles. The van der Waals surface area contributed by atoms with Crippen LogP contribution in [0.15, 0.2) is 59.4 Å². The molecule has 3 aromatic rings. The third kappa shape index (κ3) is 3.69. The number of non-ortho nitro benzene ring substituents is 1. The fourth-order valence-corrected chi connectivity index (χ4v) is 3.29. The normalized spacial score (nSPS) is 10.7. The Morgan fingerprint density at radius 3 is 2.28 bits per heavy atom. The van der Waals surface area contributed by atoms with Crippen LogP contribution in [0.1, 0.15) is 29.4 Å². The quantitative estimate of drug-likeness (QED) is 0.473. The number of nitro groups is 1. The molecule has 0 spiro atoms. The number of carbonyl (C=O) groups excluding carboxylic acids is 1. The van der Waals surface area contributed by atoms with Crippen molar-refractivity contribution >= 4 is 17.3 Å². The lowest BCUT2D eigenvalue weighted by Crippen LogP contribution is -2.36. The summed E-state index contributed by atoms with van der Waals surface area (Å²) in [6.45, 7) is 4.07. The minimum atomic E-state index is -0.516. The molecule has 150 valence electrons. The van der Waals surface area contributed by atoms with Crippen LogP contribution in [0.25, 0.3) is 5.69 Å². The van der Waals surface area contributed by atoms with Crippen molar-refractivity contribution in [2.45, 2.75) is 20.3 Å². The van der Waals surface area contributed by atoms with Crippen LogP contribution < -0.4 is 10.5 Å². The molecule has 0 radical (unpaired) electrons. The zero-order chi connectivity index (χ0) is 21.1. The summed E-state index contributed by atoms with van der Waals surface area (Å²) in [7, 11) is 1.77. The molecule has 29 heavy (non-hydrogen) atoms. The summed E-state index contributed by atoms with van der Waals surface area (Å²) in [5.41, 5.74) is 1.57. The van der Waals surface area contributed by atoms with Crippen LogP contribution in [0.4, 0.5) is 11.4 Å². The predicted molar refractivity (Wildman–Crippen MR) is 111 cm³/mol. The second-order valence-electron chi connectivity index (χ2n) is 6.67. The smallest absolute Gasteiger partial charge is 0.295 e. The van der Waals surface area contributed by atoms with E-state index in [4.69, 9.17) is 0 Å². The Labute approximate surface area is 167 Å². The largest absolute Gasteiger partial charge is 0.302 e. The van der Waals surface area contributed by atoms with Gasteiger partial charge in [-0.1, -0.05) is 25.1 Å². The molecule has 8 heteroatoms. The molecule has 8 nitrogen and oxygen atoms in total. The van der Waals surface area contributed by atoms with Crippen LogP contribution >= 0.6 is 0 Å². The second-order valence-corrected chi connectivity index (χ2v) is 6.67. The summed E-state index contributed by atoms with van der Waals surface area (Å²) in [6.07, 6.45) is 0.651. The van der Waals surface area contributed by atoms with E-state index in [1.165, 1.54) is 33.8 Å². The van der Waals surface area contributed by atoms with Crippen LogP contribution in [0.5, 0.6) is 0 Å². The lowest BCUT2D eigenvalue weighted by atomic mass is 10.1. The lowest BCUT2D eigenvalue weighted by Gasteiger charge is -2.21. The topological polar surface area (TPSA) is 90.4 Å². The van der Waals surface area contributed by atoms with E-state index in [0.717, 1.165) is 0 Å². The first-order valence-electron chi connectivity index (χ1n) is 9.27. The van der Waals surface area contributed by atoms with E-state index in [2.05, 4.69) is 0 Å². The standard InChI is InChI=1S/C21H22N4O4/c1-4-14-23(20(26)16-10-12-18(13-11-16)25(28)29)19-15(2)22(3)24(21(19)27)17-8-6-5-7-9-17/h5-13H,4,14H2,1-3H3. The van der Waals surface area contributed by atoms with Gasteiger partial charge in [0.05, 0.1) is 16.3 Å². The van der Waals surface area contributed by atoms with E-state index in [9.17, 15) is 19.7 Å². The molecule has 0 saturated carbocycles. The SMILES string of the molecule is CCCN(C(=O)c1ccc([N+](=O)[O-])cc1)c1c(C)n(C)n(-c2ccccc2)c1=O. The molecule has 1 heterocycles. The molecule has 0 fully saturated rings. The van der Waals surface area contributed by atoms with Crippen molar-refractivity contribution in [1.29, 1.82) is 0 Å². The molecule has 0 aliphatic carbocycles. The fraction of sp³-hybridized carbons (Fsp3) is 0.238. The maximum absolute atomic E-state index is 13.3. The molecule has 0 aliphatic heterocycles. The zero-order valence-electron chi connectivity index (χ0n) is 16.5. The van der Waals surface area contributed by atoms with Gasteiger partial charge in [-0.15, -0.1) is 0 Å². The van der Waals surface area contributed by atoms with Crippen molar-refractivity contribution in [2.75, 3.05) is 11.4 Å². The number of hydrogen-bond donors (Lipinski definition) is 0. The van der Waals surface area contributed by atoms with Gasteiger partial charge in [-0.05, 0) is 37.6 Å². The molecular weight excluding hydrogens is 372 g/mol. The van der Waals surface area contributed by atoms with Gasteiger partial charge in [0.2, 0.25) is 0 Å². The summed E-state index contributed by atoms with van der Waals surface area (Å²) >= 11 is 0. The maximum atomic E-state index is 13.3. The minimum Gasteiger partial charge on any atom is -0.302 e. The average Bonchev–Trinajstić information content (AvgIpc) is 2.95. The molecule has 1 amide bonds. The first-order chi connectivity index (χ1) is 13.9. The summed E-state index contributed by atoms with van der Waals surface area (Å²) in [5.74, 6) is -0.368. The summed E-state index contributed by atoms with van der Waals surface area (Å²) < 4.78 is 3.25. The third-order valence-electron chi connectivity index (χ3n) is 4.81. The molecule has 0 N–H and O–H groups in total. The van der Waals surface area contributed by atoms with E-state index in [1.54, 1.807) is 18.7 Å². The highest BCUT2D eigenvalue weighted by Gasteiger charge is 2.26. The number of hydrogen-bond acceptors (Lipinski definition) is 4. The van der Waals surface area contributed by atoms with Gasteiger partial charge in [0.25, 0.3) is 17.2 Å². The molecule has 0 bridgehead atoms. The third-order valence-corrected chi connectivity index (χ3v) is 4.81. The number of benzene rings is 2. The van der Waals surface area contributed by atoms with Crippen molar-refractivity contribution in [3.8, 4) is 5.69 Å². The van der Waals surface area contributed by atoms with Crippen LogP contribution in [-0.4, -0.2) is 26.7 Å². The monoisotopic (exact) mass is 394 g/mol. The minimum absolute atomic E-state index is 0.0917. The van der Waals surface area contributed by atoms with Crippen LogP contribution in [0, 0.1) is 17.0 Å². The van der Waals surface area contributed by atoms with Gasteiger partial charge in [0, 0.05) is 31.3 Å². The van der Waals surface area contributed by atoms with Crippen LogP contribution in [0.2, 0.25) is 0 Å². The summed E-state index contributed by atoms with van der Waals surface area (Å²) in [4.78, 5) is 38.3. The van der Waals surface area contributed by atoms with Crippen LogP contribution in [0.3, 0.4) is 0 Å². The molecule has 0 saturated heterocycles. The van der Waals surface area contributed by atoms with Crippen molar-refractivity contribution in [1.82, 2.24) is 9.36 Å². The van der Waals surface area contributed by atoms with Gasteiger partial charge < -0.3 is 4.90 Å². The van der Waals surface area contributed by atoms with E-state index in [1.807, 2.05) is 37.3 Å². The highest BCUT2D eigenvalue weighted by Crippen LogP contribution is 2.22. The first kappa shape index (κ1) is 20.1. The number of anilines is 1. The molecule has 3 rings (SSSR count). The summed E-state index contributed by atoms with van der Waals surface area (Å²) in [6, 6.07) is 14.6. The van der Waals surface area contributed by atoms with Crippen molar-refractivity contribution in [3.63, 3.8) is 0 Å². The van der Waals surface area contributed by atoms with Gasteiger partial charge >= 0.3 is 0 Å². The molecule has 0 aliphatic rings. The average molecular weight is 394 g/mol. The highest BCUT2D eigenvalue weighted by molar-refractivity contribution is 6.06. The van der Waals surface area contributed by atoms with Crippen molar-refractivity contribution in [2.24, 2.45) is 7.05 Å². The van der Waals surface area contributed by atoms with Gasteiger partial charge in [0.1, 0.15) is 5.69 Å². The van der Waals surface area contributed by atoms with Crippen molar-refractivity contribution in [3.05, 3.63) is 86.3 Å². The Morgan fingerprint density at radius 1 is 1.10 bits per heavy atom. The van der Waals surface area contributed by atoms with E-state index < -0.39 is 4.92 Å². The number of aromatic nitrogens is 2. The second kappa shape index (κ2) is 8.14. The van der Waals surface area contributed by atoms with Gasteiger partial charge in [-0.2, -0.15) is 0 Å². The van der Waals surface area contributed by atoms with Crippen molar-refractivity contribution < 1.29 is 9.72 Å². The van der Waals surface area contributed by atoms with E-state index in [-0.39, 0.29) is 22.7 Å². The molecule has 0 unspecified atom stereocenters. The Morgan fingerprint density at radius 2 is 1.72 bits per heavy atom. The number of carbonyl (C=O) groups is 1. The maximum Gasteiger partial charge on any atom is 0.295 e. The lowest BCUT2D eigenvalue weighted by molar-refractivity contribution is -0.384. The number of nitrogens with zero attached hydrogens (tertiary/aromatic N) is 4. The highest BCUT2D eigenvalue weighted by atomic mass is 16.6. The summed E-state index contributed by atoms with van der Waals surface area (Å²) in [5, 5.41) is 10.9. The number of nitro benzene ring substituents is 1. The fourth-order valence-electron chi connectivity index (χ4n) is 3.29. The van der Waals surface area contributed by atoms with Gasteiger partial charge in [-0.3, -0.25) is 24.4 Å². The Kier molecular flexibility index (Phi) is 5.63. The number of rotatable bonds is 6. The first-order valence-corrected chi connectivity index (χ1v) is 9.27.